The molecule has 1 aliphatic rings. The van der Waals surface area contributed by atoms with Gasteiger partial charge in [-0.3, -0.25) is 4.79 Å². The van der Waals surface area contributed by atoms with E-state index in [4.69, 9.17) is 11.6 Å². The maximum Gasteiger partial charge on any atom is 0.226 e. The standard InChI is InChI=1S/C13H19ClN2OS/c14-7-11-9-18-13(16-11)6-12(17)15-8-10-4-2-1-3-5-10/h9-10H,1-8H2,(H,15,17). The Morgan fingerprint density at radius 2 is 2.22 bits per heavy atom. The van der Waals surface area contributed by atoms with Crippen LogP contribution in [0.3, 0.4) is 0 Å². The van der Waals surface area contributed by atoms with Crippen LogP contribution in [0, 0.1) is 5.92 Å². The first kappa shape index (κ1) is 13.8. The molecule has 100 valence electrons. The van der Waals surface area contributed by atoms with E-state index in [-0.39, 0.29) is 5.91 Å². The summed E-state index contributed by atoms with van der Waals surface area (Å²) in [7, 11) is 0. The van der Waals surface area contributed by atoms with E-state index in [0.717, 1.165) is 17.2 Å². The van der Waals surface area contributed by atoms with E-state index < -0.39 is 0 Å². The predicted octanol–water partition coefficient (Wildman–Crippen LogP) is 3.12. The Bertz CT molecular complexity index is 388. The van der Waals surface area contributed by atoms with Gasteiger partial charge < -0.3 is 5.32 Å². The third-order valence-electron chi connectivity index (χ3n) is 3.36. The molecule has 0 spiro atoms. The number of amides is 1. The first-order valence-electron chi connectivity index (χ1n) is 6.54. The second-order valence-electron chi connectivity index (χ2n) is 4.85. The second kappa shape index (κ2) is 7.10. The summed E-state index contributed by atoms with van der Waals surface area (Å²) in [4.78, 5) is 16.1. The molecule has 1 aromatic heterocycles. The Labute approximate surface area is 117 Å². The number of nitrogens with one attached hydrogen (secondary N) is 1. The van der Waals surface area contributed by atoms with Gasteiger partial charge in [0.1, 0.15) is 5.01 Å². The fraction of sp³-hybridized carbons (Fsp3) is 0.692. The third-order valence-corrected chi connectivity index (χ3v) is 4.53. The number of carbonyl (C=O) groups excluding carboxylic acids is 1. The Morgan fingerprint density at radius 1 is 1.44 bits per heavy atom. The van der Waals surface area contributed by atoms with Crippen LogP contribution >= 0.6 is 22.9 Å². The number of hydrogen-bond donors (Lipinski definition) is 1. The van der Waals surface area contributed by atoms with Crippen molar-refractivity contribution in [2.24, 2.45) is 5.92 Å². The van der Waals surface area contributed by atoms with Crippen LogP contribution in [-0.4, -0.2) is 17.4 Å². The number of rotatable bonds is 5. The van der Waals surface area contributed by atoms with Crippen molar-refractivity contribution in [1.82, 2.24) is 10.3 Å². The number of hydrogen-bond acceptors (Lipinski definition) is 3. The number of aromatic nitrogens is 1. The zero-order chi connectivity index (χ0) is 12.8. The van der Waals surface area contributed by atoms with Gasteiger partial charge in [0.2, 0.25) is 5.91 Å². The van der Waals surface area contributed by atoms with Crippen LogP contribution in [0.1, 0.15) is 42.8 Å². The summed E-state index contributed by atoms with van der Waals surface area (Å²) in [6.45, 7) is 0.826. The van der Waals surface area contributed by atoms with E-state index in [9.17, 15) is 4.79 Å². The van der Waals surface area contributed by atoms with Gasteiger partial charge in [0.25, 0.3) is 0 Å². The van der Waals surface area contributed by atoms with E-state index in [1.165, 1.54) is 43.4 Å². The van der Waals surface area contributed by atoms with Gasteiger partial charge in [-0.15, -0.1) is 22.9 Å². The van der Waals surface area contributed by atoms with Gasteiger partial charge in [-0.05, 0) is 18.8 Å². The topological polar surface area (TPSA) is 42.0 Å². The lowest BCUT2D eigenvalue weighted by atomic mass is 9.89. The minimum absolute atomic E-state index is 0.0797. The molecule has 0 aromatic carbocycles. The number of alkyl halides is 1. The number of thiazole rings is 1. The summed E-state index contributed by atoms with van der Waals surface area (Å²) < 4.78 is 0. The van der Waals surface area contributed by atoms with Gasteiger partial charge >= 0.3 is 0 Å². The summed E-state index contributed by atoms with van der Waals surface area (Å²) >= 11 is 7.19. The molecule has 3 nitrogen and oxygen atoms in total. The fourth-order valence-corrected chi connectivity index (χ4v) is 3.36. The summed E-state index contributed by atoms with van der Waals surface area (Å²) in [6, 6.07) is 0. The first-order chi connectivity index (χ1) is 8.78. The van der Waals surface area contributed by atoms with Gasteiger partial charge in [-0.2, -0.15) is 0 Å². The van der Waals surface area contributed by atoms with E-state index in [2.05, 4.69) is 10.3 Å². The minimum atomic E-state index is 0.0797. The maximum atomic E-state index is 11.8. The van der Waals surface area contributed by atoms with Crippen LogP contribution in [0.4, 0.5) is 0 Å². The largest absolute Gasteiger partial charge is 0.355 e. The summed E-state index contributed by atoms with van der Waals surface area (Å²) in [5.74, 6) is 1.17. The average Bonchev–Trinajstić information content (AvgIpc) is 2.85. The summed E-state index contributed by atoms with van der Waals surface area (Å²) in [6.07, 6.45) is 6.87. The first-order valence-corrected chi connectivity index (χ1v) is 7.95. The smallest absolute Gasteiger partial charge is 0.226 e. The highest BCUT2D eigenvalue weighted by molar-refractivity contribution is 7.09. The van der Waals surface area contributed by atoms with Gasteiger partial charge in [0.05, 0.1) is 18.0 Å². The summed E-state index contributed by atoms with van der Waals surface area (Å²) in [5, 5.41) is 5.79. The molecule has 5 heteroatoms. The highest BCUT2D eigenvalue weighted by Gasteiger charge is 2.14. The van der Waals surface area contributed by atoms with Gasteiger partial charge in [-0.1, -0.05) is 19.3 Å². The zero-order valence-corrected chi connectivity index (χ0v) is 12.0. The van der Waals surface area contributed by atoms with Crippen molar-refractivity contribution in [2.45, 2.75) is 44.4 Å². The predicted molar refractivity (Wildman–Crippen MR) is 75.0 cm³/mol. The Hall–Kier alpha value is -0.610. The molecule has 2 rings (SSSR count). The molecular formula is C13H19ClN2OS. The average molecular weight is 287 g/mol. The van der Waals surface area contributed by atoms with Gasteiger partial charge in [0, 0.05) is 11.9 Å². The van der Waals surface area contributed by atoms with Crippen molar-refractivity contribution in [2.75, 3.05) is 6.54 Å². The van der Waals surface area contributed by atoms with E-state index in [1.54, 1.807) is 0 Å². The van der Waals surface area contributed by atoms with Crippen molar-refractivity contribution in [3.63, 3.8) is 0 Å². The number of halogens is 1. The van der Waals surface area contributed by atoms with Gasteiger partial charge in [-0.25, -0.2) is 4.98 Å². The van der Waals surface area contributed by atoms with Crippen molar-refractivity contribution in [1.29, 1.82) is 0 Å². The molecule has 1 saturated carbocycles. The molecule has 0 bridgehead atoms. The van der Waals surface area contributed by atoms with Crippen molar-refractivity contribution < 1.29 is 4.79 Å². The SMILES string of the molecule is O=C(Cc1nc(CCl)cs1)NCC1CCCCC1. The monoisotopic (exact) mass is 286 g/mol. The van der Waals surface area contributed by atoms with Gasteiger partial charge in [0.15, 0.2) is 0 Å². The number of carbonyl (C=O) groups is 1. The third kappa shape index (κ3) is 4.25. The lowest BCUT2D eigenvalue weighted by molar-refractivity contribution is -0.120. The molecule has 1 aliphatic carbocycles. The normalized spacial score (nSPS) is 16.7. The van der Waals surface area contributed by atoms with Crippen LogP contribution in [0.5, 0.6) is 0 Å². The zero-order valence-electron chi connectivity index (χ0n) is 10.5. The van der Waals surface area contributed by atoms with E-state index >= 15 is 0 Å². The fourth-order valence-electron chi connectivity index (χ4n) is 2.34. The van der Waals surface area contributed by atoms with E-state index in [0.29, 0.717) is 18.2 Å². The van der Waals surface area contributed by atoms with Crippen LogP contribution < -0.4 is 5.32 Å². The Kier molecular flexibility index (Phi) is 5.45. The molecule has 0 saturated heterocycles. The lowest BCUT2D eigenvalue weighted by Gasteiger charge is -2.21. The second-order valence-corrected chi connectivity index (χ2v) is 6.06. The molecule has 1 amide bonds. The Balaban J connectivity index is 1.71. The molecule has 1 N–H and O–H groups in total. The quantitative estimate of drug-likeness (QED) is 0.845. The molecule has 18 heavy (non-hydrogen) atoms. The van der Waals surface area contributed by atoms with E-state index in [1.807, 2.05) is 5.38 Å². The van der Waals surface area contributed by atoms with Crippen molar-refractivity contribution in [3.8, 4) is 0 Å². The molecule has 1 heterocycles. The van der Waals surface area contributed by atoms with Crippen LogP contribution in [0.15, 0.2) is 5.38 Å². The Morgan fingerprint density at radius 3 is 2.89 bits per heavy atom. The van der Waals surface area contributed by atoms with Crippen molar-refractivity contribution in [3.05, 3.63) is 16.1 Å². The highest BCUT2D eigenvalue weighted by atomic mass is 35.5. The molecule has 0 radical (unpaired) electrons. The maximum absolute atomic E-state index is 11.8. The molecule has 1 fully saturated rings. The molecule has 1 aromatic rings. The molecule has 0 unspecified atom stereocenters. The van der Waals surface area contributed by atoms with Crippen LogP contribution in [0.2, 0.25) is 0 Å². The highest BCUT2D eigenvalue weighted by Crippen LogP contribution is 2.22. The lowest BCUT2D eigenvalue weighted by Crippen LogP contribution is -2.31. The molecule has 0 atom stereocenters. The van der Waals surface area contributed by atoms with Crippen molar-refractivity contribution >= 4 is 28.8 Å². The molecular weight excluding hydrogens is 268 g/mol. The number of nitrogens with zero attached hydrogens (tertiary/aromatic N) is 1. The summed E-state index contributed by atoms with van der Waals surface area (Å²) in [5.41, 5.74) is 0.858. The van der Waals surface area contributed by atoms with Crippen LogP contribution in [-0.2, 0) is 17.1 Å². The van der Waals surface area contributed by atoms with Crippen LogP contribution in [0.25, 0.3) is 0 Å². The minimum Gasteiger partial charge on any atom is -0.355 e. The molecule has 0 aliphatic heterocycles.